The number of phenols is 2. The van der Waals surface area contributed by atoms with Crippen molar-refractivity contribution >= 4 is 40.8 Å². The second-order valence-electron chi connectivity index (χ2n) is 11.3. The van der Waals surface area contributed by atoms with Gasteiger partial charge in [0.05, 0.1) is 18.4 Å². The zero-order chi connectivity index (χ0) is 34.6. The average molecular weight is 667 g/mol. The maximum absolute atomic E-state index is 13.4. The smallest absolute Gasteiger partial charge is 0.340 e. The Labute approximate surface area is 274 Å². The van der Waals surface area contributed by atoms with Crippen molar-refractivity contribution in [2.24, 2.45) is 5.73 Å². The van der Waals surface area contributed by atoms with Gasteiger partial charge in [0.1, 0.15) is 29.5 Å². The van der Waals surface area contributed by atoms with Gasteiger partial charge in [-0.1, -0.05) is 6.07 Å². The van der Waals surface area contributed by atoms with Gasteiger partial charge in [0, 0.05) is 47.5 Å². The summed E-state index contributed by atoms with van der Waals surface area (Å²) < 4.78 is 13.3. The Kier molecular flexibility index (Phi) is 7.15. The number of esters is 1. The molecular weight excluding hydrogens is 640 g/mol. The fourth-order valence-corrected chi connectivity index (χ4v) is 6.07. The molecule has 0 atom stereocenters. The molecule has 0 bridgehead atoms. The zero-order valence-electron chi connectivity index (χ0n) is 25.3. The van der Waals surface area contributed by atoms with Crippen LogP contribution in [0, 0.1) is 0 Å². The number of nitrogens with zero attached hydrogens (tertiary/aromatic N) is 4. The summed E-state index contributed by atoms with van der Waals surface area (Å²) in [5, 5.41) is 22.9. The summed E-state index contributed by atoms with van der Waals surface area (Å²) in [6, 6.07) is 13.2. The Bertz CT molecular complexity index is 2240. The van der Waals surface area contributed by atoms with Crippen LogP contribution >= 0.6 is 0 Å². The third-order valence-corrected chi connectivity index (χ3v) is 8.20. The molecule has 2 aliphatic rings. The maximum atomic E-state index is 13.4. The van der Waals surface area contributed by atoms with Gasteiger partial charge in [0.2, 0.25) is 17.8 Å². The van der Waals surface area contributed by atoms with Crippen LogP contribution in [0.2, 0.25) is 0 Å². The van der Waals surface area contributed by atoms with Crippen LogP contribution < -0.4 is 27.1 Å². The van der Waals surface area contributed by atoms with Crippen molar-refractivity contribution in [3.05, 3.63) is 99.1 Å². The first-order valence-corrected chi connectivity index (χ1v) is 14.7. The Balaban J connectivity index is 1.10. The molecule has 1 spiro atoms. The predicted molar refractivity (Wildman–Crippen MR) is 169 cm³/mol. The van der Waals surface area contributed by atoms with Crippen molar-refractivity contribution in [2.45, 2.75) is 12.1 Å². The van der Waals surface area contributed by atoms with Crippen molar-refractivity contribution in [3.63, 3.8) is 0 Å². The number of aromatic nitrogens is 4. The van der Waals surface area contributed by atoms with Crippen molar-refractivity contribution in [2.75, 3.05) is 25.4 Å². The van der Waals surface area contributed by atoms with Crippen LogP contribution in [0.5, 0.6) is 23.0 Å². The lowest BCUT2D eigenvalue weighted by Crippen LogP contribution is -2.44. The lowest BCUT2D eigenvalue weighted by molar-refractivity contribution is -0.135. The van der Waals surface area contributed by atoms with Crippen molar-refractivity contribution in [1.29, 1.82) is 0 Å². The molecule has 49 heavy (non-hydrogen) atoms. The normalized spacial score (nSPS) is 13.6. The number of nitrogen functional groups attached to an aromatic ring is 1. The number of nitrogens with two attached hydrogens (primary N) is 2. The van der Waals surface area contributed by atoms with E-state index >= 15 is 0 Å². The highest BCUT2D eigenvalue weighted by atomic mass is 16.6. The van der Waals surface area contributed by atoms with Crippen LogP contribution in [0.15, 0.2) is 65.7 Å². The van der Waals surface area contributed by atoms with E-state index in [4.69, 9.17) is 20.9 Å². The summed E-state index contributed by atoms with van der Waals surface area (Å²) in [5.41, 5.74) is 10.5. The minimum Gasteiger partial charge on any atom is -0.508 e. The number of phenolic OH excluding ortho intramolecular Hbond substituents is 2. The Morgan fingerprint density at radius 1 is 0.980 bits per heavy atom. The first kappa shape index (κ1) is 30.7. The molecule has 3 amide bonds. The van der Waals surface area contributed by atoms with E-state index in [0.29, 0.717) is 16.7 Å². The van der Waals surface area contributed by atoms with Crippen LogP contribution in [0.1, 0.15) is 37.4 Å². The lowest BCUT2D eigenvalue weighted by Gasteiger charge is -2.36. The number of H-pyrrole nitrogens is 1. The number of rotatable bonds is 8. The molecule has 248 valence electrons. The summed E-state index contributed by atoms with van der Waals surface area (Å²) >= 11 is 0. The molecule has 17 nitrogen and oxygen atoms in total. The number of aromatic amines is 1. The lowest BCUT2D eigenvalue weighted by atomic mass is 9.77. The number of imidazole rings is 1. The number of hydrogen-bond acceptors (Lipinski definition) is 12. The molecule has 0 fully saturated rings. The van der Waals surface area contributed by atoms with Crippen LogP contribution in [-0.4, -0.2) is 78.0 Å². The summed E-state index contributed by atoms with van der Waals surface area (Å²) in [6.45, 7) is -1.01. The van der Waals surface area contributed by atoms with E-state index in [0.717, 1.165) is 4.90 Å². The third-order valence-electron chi connectivity index (χ3n) is 8.20. The number of carbonyl (C=O) groups excluding carboxylic acids is 4. The molecule has 0 saturated heterocycles. The first-order chi connectivity index (χ1) is 23.4. The van der Waals surface area contributed by atoms with E-state index in [2.05, 4.69) is 20.3 Å². The van der Waals surface area contributed by atoms with Gasteiger partial charge in [-0.15, -0.1) is 0 Å². The van der Waals surface area contributed by atoms with Crippen LogP contribution in [0.4, 0.5) is 5.95 Å². The molecule has 0 unspecified atom stereocenters. The summed E-state index contributed by atoms with van der Waals surface area (Å²) in [6.07, 6.45) is 1.24. The van der Waals surface area contributed by atoms with Gasteiger partial charge in [0.15, 0.2) is 16.8 Å². The molecule has 8 N–H and O–H groups in total. The number of ether oxygens (including phenoxy) is 2. The van der Waals surface area contributed by atoms with Gasteiger partial charge >= 0.3 is 5.97 Å². The number of amides is 3. The highest BCUT2D eigenvalue weighted by Gasteiger charge is 2.53. The van der Waals surface area contributed by atoms with Crippen LogP contribution in [-0.2, 0) is 26.5 Å². The molecule has 0 aliphatic carbocycles. The average Bonchev–Trinajstić information content (AvgIpc) is 3.58. The van der Waals surface area contributed by atoms with Gasteiger partial charge in [0.25, 0.3) is 11.5 Å². The maximum Gasteiger partial charge on any atom is 0.340 e. The third kappa shape index (κ3) is 5.18. The van der Waals surface area contributed by atoms with Gasteiger partial charge in [-0.2, -0.15) is 4.98 Å². The molecule has 7 rings (SSSR count). The second-order valence-corrected chi connectivity index (χ2v) is 11.3. The molecule has 5 aromatic rings. The van der Waals surface area contributed by atoms with Crippen molar-refractivity contribution in [3.8, 4) is 23.0 Å². The topological polar surface area (TPSA) is 258 Å². The zero-order valence-corrected chi connectivity index (χ0v) is 25.3. The van der Waals surface area contributed by atoms with Gasteiger partial charge in [-0.05, 0) is 36.4 Å². The highest BCUT2D eigenvalue weighted by molar-refractivity contribution is 6.01. The molecular formula is C32H26N8O9. The molecule has 2 aromatic heterocycles. The standard InChI is InChI=1S/C32H26N8O9/c33-24(43)12-39(25(44)13-40-14-36-26-27(40)37-31(34)38-29(26)46)8-7-35-28(45)15-1-4-19-18(9-15)30(47)49-32(19)20-5-2-16(41)10-22(20)48-23-11-17(42)3-6-21(23)32/h1-6,9-11,14,41-42H,7-8,12-13H2,(H2,33,43)(H,35,45)(H3,34,37,38,46). The molecule has 2 aliphatic heterocycles. The number of benzene rings is 3. The fraction of sp³-hybridized carbons (Fsp3) is 0.156. The van der Waals surface area contributed by atoms with Gasteiger partial charge in [-0.25, -0.2) is 9.78 Å². The quantitative estimate of drug-likeness (QED) is 0.123. The van der Waals surface area contributed by atoms with E-state index in [1.165, 1.54) is 47.3 Å². The number of aromatic hydroxyl groups is 2. The molecule has 0 radical (unpaired) electrons. The van der Waals surface area contributed by atoms with Crippen LogP contribution in [0.3, 0.4) is 0 Å². The number of anilines is 1. The van der Waals surface area contributed by atoms with Crippen LogP contribution in [0.25, 0.3) is 11.2 Å². The number of fused-ring (bicyclic) bond motifs is 7. The number of primary amides is 1. The van der Waals surface area contributed by atoms with E-state index < -0.39 is 41.4 Å². The highest BCUT2D eigenvalue weighted by Crippen LogP contribution is 2.57. The SMILES string of the molecule is NC(=O)CN(CCNC(=O)c1ccc2c(c1)C(=O)OC21c2ccc(O)cc2Oc2cc(O)ccc21)C(=O)Cn1cnc2c(=O)[nH]c(N)nc21. The molecule has 17 heteroatoms. The first-order valence-electron chi connectivity index (χ1n) is 14.7. The van der Waals surface area contributed by atoms with E-state index in [1.807, 2.05) is 0 Å². The van der Waals surface area contributed by atoms with E-state index in [9.17, 15) is 34.2 Å². The molecule has 4 heterocycles. The van der Waals surface area contributed by atoms with Crippen molar-refractivity contribution < 1.29 is 38.9 Å². The number of carbonyl (C=O) groups is 4. The second kappa shape index (κ2) is 11.4. The number of nitrogens with one attached hydrogen (secondary N) is 2. The largest absolute Gasteiger partial charge is 0.508 e. The predicted octanol–water partition coefficient (Wildman–Crippen LogP) is 0.425. The van der Waals surface area contributed by atoms with Gasteiger partial charge in [-0.3, -0.25) is 24.2 Å². The monoisotopic (exact) mass is 666 g/mol. The summed E-state index contributed by atoms with van der Waals surface area (Å²) in [7, 11) is 0. The minimum absolute atomic E-state index is 0.0244. The Morgan fingerprint density at radius 3 is 2.33 bits per heavy atom. The van der Waals surface area contributed by atoms with Crippen molar-refractivity contribution in [1.82, 2.24) is 29.7 Å². The summed E-state index contributed by atoms with van der Waals surface area (Å²) in [4.78, 5) is 75.0. The number of hydrogen-bond donors (Lipinski definition) is 6. The van der Waals surface area contributed by atoms with Gasteiger partial charge < -0.3 is 45.9 Å². The Morgan fingerprint density at radius 2 is 1.65 bits per heavy atom. The Hall–Kier alpha value is -6.91. The fourth-order valence-electron chi connectivity index (χ4n) is 6.07. The molecule has 0 saturated carbocycles. The summed E-state index contributed by atoms with van der Waals surface area (Å²) in [5.74, 6) is -2.56. The van der Waals surface area contributed by atoms with E-state index in [1.54, 1.807) is 18.2 Å². The minimum atomic E-state index is -1.49. The van der Waals surface area contributed by atoms with E-state index in [-0.39, 0.29) is 70.9 Å². The molecule has 3 aromatic carbocycles.